The maximum absolute atomic E-state index is 3.59. The number of hydrogen-bond acceptors (Lipinski definition) is 1. The summed E-state index contributed by atoms with van der Waals surface area (Å²) in [5.74, 6) is 0. The molecule has 50 valence electrons. The predicted octanol–water partition coefficient (Wildman–Crippen LogP) is 1.61. The van der Waals surface area contributed by atoms with Gasteiger partial charge in [0.05, 0.1) is 0 Å². The van der Waals surface area contributed by atoms with Gasteiger partial charge in [0, 0.05) is 7.05 Å². The van der Waals surface area contributed by atoms with Gasteiger partial charge in [-0.1, -0.05) is 0 Å². The van der Waals surface area contributed by atoms with Crippen LogP contribution in [0.1, 0.15) is 0 Å². The number of allylic oxidation sites excluding steroid dienone is 2. The third-order valence-electron chi connectivity index (χ3n) is 0.949. The summed E-state index contributed by atoms with van der Waals surface area (Å²) < 4.78 is 0. The molecule has 0 aliphatic carbocycles. The van der Waals surface area contributed by atoms with Crippen LogP contribution < -0.4 is 0 Å². The summed E-state index contributed by atoms with van der Waals surface area (Å²) in [7, 11) is 1.82. The largest absolute Gasteiger partial charge is 2.00 e. The summed E-state index contributed by atoms with van der Waals surface area (Å²) in [5.41, 5.74) is 1.43. The van der Waals surface area contributed by atoms with Crippen LogP contribution in [0.5, 0.6) is 0 Å². The average molecular weight is 293 g/mol. The Balaban J connectivity index is 0. The van der Waals surface area contributed by atoms with E-state index in [1.807, 2.05) is 7.05 Å². The Labute approximate surface area is 71.7 Å². The van der Waals surface area contributed by atoms with Gasteiger partial charge in [-0.3, -0.25) is 0 Å². The van der Waals surface area contributed by atoms with Gasteiger partial charge in [-0.2, -0.15) is 0 Å². The van der Waals surface area contributed by atoms with Crippen molar-refractivity contribution in [3.8, 4) is 0 Å². The smallest absolute Gasteiger partial charge is 0.414 e. The Morgan fingerprint density at radius 2 is 1.44 bits per heavy atom. The Hall–Kier alpha value is -0.292. The Morgan fingerprint density at radius 3 is 1.44 bits per heavy atom. The molecule has 0 aromatic carbocycles. The summed E-state index contributed by atoms with van der Waals surface area (Å²) in [4.78, 5) is 1.72. The van der Waals surface area contributed by atoms with Gasteiger partial charge in [0.1, 0.15) is 0 Å². The zero-order chi connectivity index (χ0) is 6.73. The van der Waals surface area contributed by atoms with Crippen LogP contribution in [0.15, 0.2) is 24.6 Å². The molecule has 0 aromatic rings. The summed E-state index contributed by atoms with van der Waals surface area (Å²) in [6.07, 6.45) is 0. The van der Waals surface area contributed by atoms with E-state index in [-0.39, 0.29) is 21.1 Å². The average Bonchev–Trinajstić information content (AvgIpc) is 1.64. The van der Waals surface area contributed by atoms with E-state index in [1.165, 1.54) is 0 Å². The Bertz CT molecular complexity index is 104. The SMILES string of the molecule is C=C([CH2-])N(C)C(=C)[CH2-].[W+2]. The topological polar surface area (TPSA) is 3.24 Å². The van der Waals surface area contributed by atoms with E-state index in [4.69, 9.17) is 0 Å². The van der Waals surface area contributed by atoms with E-state index < -0.39 is 0 Å². The van der Waals surface area contributed by atoms with Crippen molar-refractivity contribution in [1.29, 1.82) is 0 Å². The fraction of sp³-hybridized carbons (Fsp3) is 0.143. The molecule has 0 saturated carbocycles. The molecule has 0 radical (unpaired) electrons. The minimum Gasteiger partial charge on any atom is -0.414 e. The van der Waals surface area contributed by atoms with Crippen molar-refractivity contribution in [2.45, 2.75) is 0 Å². The third-order valence-corrected chi connectivity index (χ3v) is 0.949. The van der Waals surface area contributed by atoms with Crippen molar-refractivity contribution in [3.63, 3.8) is 0 Å². The van der Waals surface area contributed by atoms with Gasteiger partial charge in [0.15, 0.2) is 0 Å². The molecule has 0 bridgehead atoms. The second kappa shape index (κ2) is 4.57. The van der Waals surface area contributed by atoms with Crippen molar-refractivity contribution < 1.29 is 21.1 Å². The Morgan fingerprint density at radius 1 is 1.22 bits per heavy atom. The monoisotopic (exact) mass is 293 g/mol. The maximum Gasteiger partial charge on any atom is 2.00 e. The van der Waals surface area contributed by atoms with Crippen LogP contribution in [0, 0.1) is 13.8 Å². The van der Waals surface area contributed by atoms with Gasteiger partial charge in [0.25, 0.3) is 0 Å². The van der Waals surface area contributed by atoms with Gasteiger partial charge in [-0.25, -0.2) is 27.0 Å². The van der Waals surface area contributed by atoms with E-state index in [0.29, 0.717) is 11.4 Å². The summed E-state index contributed by atoms with van der Waals surface area (Å²) in [5, 5.41) is 0. The summed E-state index contributed by atoms with van der Waals surface area (Å²) in [6, 6.07) is 0. The fourth-order valence-corrected chi connectivity index (χ4v) is 0.224. The second-order valence-electron chi connectivity index (χ2n) is 1.69. The first-order valence-corrected chi connectivity index (χ1v) is 2.31. The van der Waals surface area contributed by atoms with Gasteiger partial charge >= 0.3 is 21.1 Å². The molecule has 2 heteroatoms. The molecular weight excluding hydrogens is 282 g/mol. The van der Waals surface area contributed by atoms with Crippen molar-refractivity contribution in [3.05, 3.63) is 38.4 Å². The summed E-state index contributed by atoms with van der Waals surface area (Å²) >= 11 is 0. The molecular formula is C7H11NW. The molecule has 0 fully saturated rings. The van der Waals surface area contributed by atoms with Crippen LogP contribution in [-0.2, 0) is 21.1 Å². The van der Waals surface area contributed by atoms with Crippen LogP contribution >= 0.6 is 0 Å². The van der Waals surface area contributed by atoms with E-state index in [2.05, 4.69) is 27.0 Å². The van der Waals surface area contributed by atoms with Crippen LogP contribution in [0.2, 0.25) is 0 Å². The van der Waals surface area contributed by atoms with Crippen LogP contribution in [0.4, 0.5) is 0 Å². The molecule has 1 nitrogen and oxygen atoms in total. The minimum atomic E-state index is 0. The molecule has 0 saturated heterocycles. The first-order chi connectivity index (χ1) is 3.55. The molecule has 0 unspecified atom stereocenters. The fourth-order valence-electron chi connectivity index (χ4n) is 0.224. The molecule has 0 aromatic heterocycles. The van der Waals surface area contributed by atoms with Crippen molar-refractivity contribution >= 4 is 0 Å². The van der Waals surface area contributed by atoms with Crippen molar-refractivity contribution in [2.24, 2.45) is 0 Å². The molecule has 9 heavy (non-hydrogen) atoms. The van der Waals surface area contributed by atoms with Gasteiger partial charge in [0.2, 0.25) is 0 Å². The quantitative estimate of drug-likeness (QED) is 0.699. The molecule has 0 N–H and O–H groups in total. The normalized spacial score (nSPS) is 7.22. The molecule has 0 aliphatic heterocycles. The van der Waals surface area contributed by atoms with Gasteiger partial charge < -0.3 is 4.90 Å². The third kappa shape index (κ3) is 4.23. The predicted molar refractivity (Wildman–Crippen MR) is 36.8 cm³/mol. The standard InChI is InChI=1S/C7H11N.W/c1-6(2)8(5)7(3)4;/h1-4H2,5H3;/q-2;+2. The second-order valence-corrected chi connectivity index (χ2v) is 1.69. The molecule has 0 atom stereocenters. The molecule has 0 spiro atoms. The van der Waals surface area contributed by atoms with E-state index in [1.54, 1.807) is 4.90 Å². The number of rotatable bonds is 2. The maximum atomic E-state index is 3.59. The van der Waals surface area contributed by atoms with E-state index >= 15 is 0 Å². The van der Waals surface area contributed by atoms with E-state index in [9.17, 15) is 0 Å². The van der Waals surface area contributed by atoms with Crippen LogP contribution in [0.3, 0.4) is 0 Å². The number of hydrogen-bond donors (Lipinski definition) is 0. The zero-order valence-electron chi connectivity index (χ0n) is 5.68. The molecule has 0 heterocycles. The molecule has 0 aliphatic rings. The number of nitrogens with zero attached hydrogens (tertiary/aromatic N) is 1. The first kappa shape index (κ1) is 11.5. The van der Waals surface area contributed by atoms with Crippen LogP contribution in [-0.4, -0.2) is 11.9 Å². The van der Waals surface area contributed by atoms with Gasteiger partial charge in [-0.05, 0) is 0 Å². The van der Waals surface area contributed by atoms with Crippen molar-refractivity contribution in [1.82, 2.24) is 4.90 Å². The minimum absolute atomic E-state index is 0. The van der Waals surface area contributed by atoms with Crippen LogP contribution in [0.25, 0.3) is 0 Å². The van der Waals surface area contributed by atoms with Crippen molar-refractivity contribution in [2.75, 3.05) is 7.05 Å². The Kier molecular flexibility index (Phi) is 5.84. The molecule has 0 amide bonds. The van der Waals surface area contributed by atoms with E-state index in [0.717, 1.165) is 0 Å². The summed E-state index contributed by atoms with van der Waals surface area (Å²) in [6.45, 7) is 14.4. The van der Waals surface area contributed by atoms with Gasteiger partial charge in [-0.15, -0.1) is 11.4 Å². The zero-order valence-corrected chi connectivity index (χ0v) is 8.62. The molecule has 0 rings (SSSR count). The first-order valence-electron chi connectivity index (χ1n) is 2.31.